The van der Waals surface area contributed by atoms with Crippen molar-refractivity contribution in [3.8, 4) is 0 Å². The lowest BCUT2D eigenvalue weighted by atomic mass is 9.92. The van der Waals surface area contributed by atoms with E-state index in [1.807, 2.05) is 39.0 Å². The molecule has 1 aliphatic rings. The molecule has 1 unspecified atom stereocenters. The first kappa shape index (κ1) is 22.2. The van der Waals surface area contributed by atoms with Gasteiger partial charge in [0.1, 0.15) is 5.60 Å². The molecule has 2 rings (SSSR count). The van der Waals surface area contributed by atoms with Crippen LogP contribution in [-0.4, -0.2) is 24.3 Å². The Morgan fingerprint density at radius 2 is 1.96 bits per heavy atom. The average molecular weight is 450 g/mol. The molecular weight excluding hydrogens is 422 g/mol. The minimum atomic E-state index is -0.598. The summed E-state index contributed by atoms with van der Waals surface area (Å²) in [6.07, 6.45) is 4.39. The molecule has 0 aromatic heterocycles. The van der Waals surface area contributed by atoms with Gasteiger partial charge in [-0.05, 0) is 81.9 Å². The van der Waals surface area contributed by atoms with Gasteiger partial charge in [-0.25, -0.2) is 9.59 Å². The van der Waals surface area contributed by atoms with Crippen LogP contribution in [0.2, 0.25) is 0 Å². The van der Waals surface area contributed by atoms with Crippen molar-refractivity contribution in [2.45, 2.75) is 59.0 Å². The van der Waals surface area contributed by atoms with Gasteiger partial charge in [-0.1, -0.05) is 28.9 Å². The number of carbonyl (C=O) groups is 2. The standard InChI is InChI=1S/C22H28BrNO4/c1-6-27-20(25)16-11-15-8-9-17(23)13-19(15)14(2)7-10-18(12-16)24-21(26)28-22(3,4)5/h8-9,11-14H,6-7,10H2,1-5H3,(H,24,26)/b16-11+,18-12?. The number of hydrogen-bond donors (Lipinski definition) is 1. The van der Waals surface area contributed by atoms with E-state index in [0.717, 1.165) is 22.0 Å². The van der Waals surface area contributed by atoms with Crippen LogP contribution in [0.1, 0.15) is 64.5 Å². The second-order valence-electron chi connectivity index (χ2n) is 7.83. The highest BCUT2D eigenvalue weighted by Crippen LogP contribution is 2.31. The van der Waals surface area contributed by atoms with E-state index in [2.05, 4.69) is 34.2 Å². The van der Waals surface area contributed by atoms with Crippen molar-refractivity contribution < 1.29 is 19.1 Å². The number of rotatable bonds is 3. The minimum Gasteiger partial charge on any atom is -0.462 e. The third kappa shape index (κ3) is 6.51. The molecule has 6 heteroatoms. The Morgan fingerprint density at radius 3 is 2.61 bits per heavy atom. The maximum absolute atomic E-state index is 12.5. The number of ether oxygens (including phenoxy) is 2. The second-order valence-corrected chi connectivity index (χ2v) is 8.75. The van der Waals surface area contributed by atoms with Gasteiger partial charge in [0.05, 0.1) is 12.2 Å². The Balaban J connectivity index is 2.43. The highest BCUT2D eigenvalue weighted by molar-refractivity contribution is 9.10. The van der Waals surface area contributed by atoms with E-state index in [4.69, 9.17) is 9.47 Å². The quantitative estimate of drug-likeness (QED) is 0.600. The lowest BCUT2D eigenvalue weighted by molar-refractivity contribution is -0.138. The molecule has 0 saturated carbocycles. The third-order valence-electron chi connectivity index (χ3n) is 4.24. The Morgan fingerprint density at radius 1 is 1.25 bits per heavy atom. The van der Waals surface area contributed by atoms with Gasteiger partial charge in [0, 0.05) is 10.2 Å². The van der Waals surface area contributed by atoms with Gasteiger partial charge >= 0.3 is 12.1 Å². The van der Waals surface area contributed by atoms with E-state index in [0.29, 0.717) is 17.7 Å². The molecule has 0 aliphatic heterocycles. The van der Waals surface area contributed by atoms with E-state index >= 15 is 0 Å². The van der Waals surface area contributed by atoms with Gasteiger partial charge in [0.15, 0.2) is 0 Å². The molecule has 0 heterocycles. The molecule has 0 radical (unpaired) electrons. The Labute approximate surface area is 175 Å². The van der Waals surface area contributed by atoms with Crippen LogP contribution in [-0.2, 0) is 14.3 Å². The van der Waals surface area contributed by atoms with Gasteiger partial charge in [-0.3, -0.25) is 5.32 Å². The Kier molecular flexibility index (Phi) is 7.47. The minimum absolute atomic E-state index is 0.245. The molecule has 0 spiro atoms. The fraction of sp³-hybridized carbons (Fsp3) is 0.455. The van der Waals surface area contributed by atoms with E-state index < -0.39 is 17.7 Å². The van der Waals surface area contributed by atoms with Crippen molar-refractivity contribution in [1.82, 2.24) is 5.32 Å². The number of halogens is 1. The van der Waals surface area contributed by atoms with Crippen LogP contribution in [0.4, 0.5) is 4.79 Å². The Bertz CT molecular complexity index is 805. The van der Waals surface area contributed by atoms with Crippen molar-refractivity contribution in [3.05, 3.63) is 51.1 Å². The van der Waals surface area contributed by atoms with Crippen molar-refractivity contribution in [2.24, 2.45) is 0 Å². The van der Waals surface area contributed by atoms with Gasteiger partial charge < -0.3 is 9.47 Å². The lowest BCUT2D eigenvalue weighted by Gasteiger charge is -2.21. The average Bonchev–Trinajstić information content (AvgIpc) is 2.63. The molecule has 28 heavy (non-hydrogen) atoms. The van der Waals surface area contributed by atoms with Crippen molar-refractivity contribution in [1.29, 1.82) is 0 Å². The molecule has 0 fully saturated rings. The molecule has 1 amide bonds. The summed E-state index contributed by atoms with van der Waals surface area (Å²) in [6.45, 7) is 9.62. The normalized spacial score (nSPS) is 19.0. The number of benzene rings is 1. The lowest BCUT2D eigenvalue weighted by Crippen LogP contribution is -2.32. The molecule has 1 N–H and O–H groups in total. The summed E-state index contributed by atoms with van der Waals surface area (Å²) in [5, 5.41) is 2.80. The number of allylic oxidation sites excluding steroid dienone is 1. The number of hydrogen-bond acceptors (Lipinski definition) is 4. The van der Waals surface area contributed by atoms with Gasteiger partial charge in [0.2, 0.25) is 0 Å². The molecule has 152 valence electrons. The van der Waals surface area contributed by atoms with Crippen LogP contribution >= 0.6 is 15.9 Å². The van der Waals surface area contributed by atoms with E-state index in [-0.39, 0.29) is 12.5 Å². The SMILES string of the molecule is CCOC(=O)/C1=C/c2ccc(Br)cc2C(C)CCC(NC(=O)OC(C)(C)C)=C1. The molecule has 0 bridgehead atoms. The third-order valence-corrected chi connectivity index (χ3v) is 4.73. The largest absolute Gasteiger partial charge is 0.462 e. The monoisotopic (exact) mass is 449 g/mol. The number of esters is 1. The number of amides is 1. The highest BCUT2D eigenvalue weighted by atomic mass is 79.9. The maximum atomic E-state index is 12.5. The predicted molar refractivity (Wildman–Crippen MR) is 114 cm³/mol. The Hall–Kier alpha value is -2.08. The van der Waals surface area contributed by atoms with Gasteiger partial charge in [-0.15, -0.1) is 0 Å². The van der Waals surface area contributed by atoms with Gasteiger partial charge in [-0.2, -0.15) is 0 Å². The molecule has 1 aliphatic carbocycles. The van der Waals surface area contributed by atoms with E-state index in [1.165, 1.54) is 0 Å². The van der Waals surface area contributed by atoms with Crippen LogP contribution in [0, 0.1) is 0 Å². The van der Waals surface area contributed by atoms with Crippen LogP contribution in [0.3, 0.4) is 0 Å². The first-order valence-corrected chi connectivity index (χ1v) is 10.3. The van der Waals surface area contributed by atoms with Crippen LogP contribution in [0.15, 0.2) is 40.0 Å². The molecule has 5 nitrogen and oxygen atoms in total. The zero-order chi connectivity index (χ0) is 20.9. The number of alkyl carbamates (subject to hydrolysis) is 1. The molecular formula is C22H28BrNO4. The fourth-order valence-corrected chi connectivity index (χ4v) is 3.34. The first-order chi connectivity index (χ1) is 13.1. The maximum Gasteiger partial charge on any atom is 0.411 e. The highest BCUT2D eigenvalue weighted by Gasteiger charge is 2.21. The van der Waals surface area contributed by atoms with Crippen molar-refractivity contribution >= 4 is 34.1 Å². The molecule has 1 aromatic rings. The topological polar surface area (TPSA) is 64.6 Å². The fourth-order valence-electron chi connectivity index (χ4n) is 2.97. The smallest absolute Gasteiger partial charge is 0.411 e. The van der Waals surface area contributed by atoms with Gasteiger partial charge in [0.25, 0.3) is 0 Å². The summed E-state index contributed by atoms with van der Waals surface area (Å²) < 4.78 is 11.6. The van der Waals surface area contributed by atoms with E-state index in [1.54, 1.807) is 13.0 Å². The summed E-state index contributed by atoms with van der Waals surface area (Å²) in [6, 6.07) is 6.01. The van der Waals surface area contributed by atoms with Crippen LogP contribution in [0.25, 0.3) is 6.08 Å². The zero-order valence-electron chi connectivity index (χ0n) is 17.1. The number of nitrogens with one attached hydrogen (secondary N) is 1. The summed E-state index contributed by atoms with van der Waals surface area (Å²) in [5.41, 5.74) is 2.54. The first-order valence-electron chi connectivity index (χ1n) is 9.48. The predicted octanol–water partition coefficient (Wildman–Crippen LogP) is 5.70. The van der Waals surface area contributed by atoms with Crippen molar-refractivity contribution in [2.75, 3.05) is 6.61 Å². The summed E-state index contributed by atoms with van der Waals surface area (Å²) in [4.78, 5) is 24.7. The summed E-state index contributed by atoms with van der Waals surface area (Å²) in [5.74, 6) is -0.177. The van der Waals surface area contributed by atoms with Crippen LogP contribution < -0.4 is 5.32 Å². The molecule has 0 saturated heterocycles. The van der Waals surface area contributed by atoms with Crippen molar-refractivity contribution in [3.63, 3.8) is 0 Å². The summed E-state index contributed by atoms with van der Waals surface area (Å²) >= 11 is 3.52. The van der Waals surface area contributed by atoms with E-state index in [9.17, 15) is 9.59 Å². The zero-order valence-corrected chi connectivity index (χ0v) is 18.7. The number of fused-ring (bicyclic) bond motifs is 1. The number of carbonyl (C=O) groups excluding carboxylic acids is 2. The second kappa shape index (κ2) is 9.41. The summed E-state index contributed by atoms with van der Waals surface area (Å²) in [7, 11) is 0. The molecule has 1 aromatic carbocycles. The molecule has 1 atom stereocenters. The van der Waals surface area contributed by atoms with Crippen LogP contribution in [0.5, 0.6) is 0 Å².